The lowest BCUT2D eigenvalue weighted by Crippen LogP contribution is -2.01. The molecule has 6 heteroatoms. The molecule has 0 fully saturated rings. The second kappa shape index (κ2) is 5.55. The van der Waals surface area contributed by atoms with Crippen molar-refractivity contribution in [1.29, 1.82) is 0 Å². The Hall–Kier alpha value is -2.76. The molecule has 1 aromatic carbocycles. The number of aryl methyl sites for hydroxylation is 1. The molecular weight excluding hydrogens is 287 g/mol. The number of aromatic nitrogens is 2. The molecule has 0 atom stereocenters. The van der Waals surface area contributed by atoms with Crippen LogP contribution in [0.1, 0.15) is 29.4 Å². The number of nitrogens with zero attached hydrogens (tertiary/aromatic N) is 2. The quantitative estimate of drug-likeness (QED) is 0.795. The first-order chi connectivity index (χ1) is 10.6. The first-order valence-electron chi connectivity index (χ1n) is 6.88. The molecule has 0 aliphatic rings. The van der Waals surface area contributed by atoms with E-state index in [2.05, 4.69) is 10.1 Å². The van der Waals surface area contributed by atoms with Crippen LogP contribution in [0.4, 0.5) is 4.39 Å². The number of rotatable bonds is 4. The van der Waals surface area contributed by atoms with Gasteiger partial charge in [-0.15, -0.1) is 0 Å². The second-order valence-corrected chi connectivity index (χ2v) is 4.93. The number of carbonyl (C=O) groups is 1. The van der Waals surface area contributed by atoms with E-state index in [9.17, 15) is 14.3 Å². The lowest BCUT2D eigenvalue weighted by Gasteiger charge is -2.04. The van der Waals surface area contributed by atoms with Gasteiger partial charge in [-0.1, -0.05) is 18.5 Å². The molecule has 0 bridgehead atoms. The van der Waals surface area contributed by atoms with Crippen molar-refractivity contribution in [1.82, 2.24) is 10.1 Å². The van der Waals surface area contributed by atoms with E-state index in [1.807, 2.05) is 6.92 Å². The fraction of sp³-hybridized carbons (Fsp3) is 0.188. The summed E-state index contributed by atoms with van der Waals surface area (Å²) < 4.78 is 18.2. The highest BCUT2D eigenvalue weighted by molar-refractivity contribution is 6.03. The number of benzene rings is 1. The smallest absolute Gasteiger partial charge is 0.336 e. The van der Waals surface area contributed by atoms with Gasteiger partial charge in [-0.05, 0) is 36.8 Å². The molecule has 5 nitrogen and oxygen atoms in total. The van der Waals surface area contributed by atoms with Crippen molar-refractivity contribution in [3.05, 3.63) is 47.4 Å². The SMILES string of the molecule is CCCc1noc2nc(-c3ccc(F)cc3)cc(C(=O)O)c12. The van der Waals surface area contributed by atoms with Crippen LogP contribution in [0.25, 0.3) is 22.4 Å². The standard InChI is InChI=1S/C16H13FN2O3/c1-2-3-12-14-11(16(20)21)8-13(18-15(14)22-19-12)9-4-6-10(17)7-5-9/h4-8H,2-3H2,1H3,(H,20,21). The molecule has 112 valence electrons. The Morgan fingerprint density at radius 1 is 1.32 bits per heavy atom. The zero-order valence-corrected chi connectivity index (χ0v) is 11.8. The van der Waals surface area contributed by atoms with Gasteiger partial charge in [0.25, 0.3) is 5.71 Å². The first kappa shape index (κ1) is 14.2. The van der Waals surface area contributed by atoms with Crippen LogP contribution < -0.4 is 0 Å². The lowest BCUT2D eigenvalue weighted by atomic mass is 10.0. The number of carboxylic acid groups (broad SMARTS) is 1. The Morgan fingerprint density at radius 3 is 2.68 bits per heavy atom. The topological polar surface area (TPSA) is 76.2 Å². The average Bonchev–Trinajstić information content (AvgIpc) is 2.90. The Balaban J connectivity index is 2.22. The predicted molar refractivity (Wildman–Crippen MR) is 78.2 cm³/mol. The van der Waals surface area contributed by atoms with Crippen molar-refractivity contribution >= 4 is 17.1 Å². The summed E-state index contributed by atoms with van der Waals surface area (Å²) in [5, 5.41) is 13.8. The average molecular weight is 300 g/mol. The fourth-order valence-electron chi connectivity index (χ4n) is 2.36. The minimum Gasteiger partial charge on any atom is -0.478 e. The third kappa shape index (κ3) is 2.43. The van der Waals surface area contributed by atoms with Crippen molar-refractivity contribution in [2.24, 2.45) is 0 Å². The summed E-state index contributed by atoms with van der Waals surface area (Å²) in [6.07, 6.45) is 1.44. The number of carboxylic acids is 1. The largest absolute Gasteiger partial charge is 0.478 e. The highest BCUT2D eigenvalue weighted by Gasteiger charge is 2.20. The highest BCUT2D eigenvalue weighted by atomic mass is 19.1. The van der Waals surface area contributed by atoms with E-state index in [1.165, 1.54) is 18.2 Å². The van der Waals surface area contributed by atoms with E-state index in [0.717, 1.165) is 6.42 Å². The van der Waals surface area contributed by atoms with Gasteiger partial charge in [0.2, 0.25) is 0 Å². The van der Waals surface area contributed by atoms with E-state index in [4.69, 9.17) is 4.52 Å². The first-order valence-corrected chi connectivity index (χ1v) is 6.88. The Kier molecular flexibility index (Phi) is 3.58. The van der Waals surface area contributed by atoms with Gasteiger partial charge in [-0.25, -0.2) is 14.2 Å². The summed E-state index contributed by atoms with van der Waals surface area (Å²) in [6.45, 7) is 1.97. The maximum Gasteiger partial charge on any atom is 0.336 e. The summed E-state index contributed by atoms with van der Waals surface area (Å²) in [7, 11) is 0. The molecule has 0 unspecified atom stereocenters. The van der Waals surface area contributed by atoms with E-state index in [1.54, 1.807) is 12.1 Å². The fourth-order valence-corrected chi connectivity index (χ4v) is 2.36. The summed E-state index contributed by atoms with van der Waals surface area (Å²) in [6, 6.07) is 7.14. The minimum absolute atomic E-state index is 0.0917. The Morgan fingerprint density at radius 2 is 2.05 bits per heavy atom. The predicted octanol–water partition coefficient (Wildman–Crippen LogP) is 3.68. The molecule has 0 aliphatic carbocycles. The molecule has 1 N–H and O–H groups in total. The van der Waals surface area contributed by atoms with Crippen LogP contribution in [0.15, 0.2) is 34.9 Å². The number of pyridine rings is 1. The van der Waals surface area contributed by atoms with Crippen molar-refractivity contribution in [2.45, 2.75) is 19.8 Å². The van der Waals surface area contributed by atoms with Crippen LogP contribution in [-0.2, 0) is 6.42 Å². The molecule has 0 saturated heterocycles. The van der Waals surface area contributed by atoms with E-state index < -0.39 is 5.97 Å². The van der Waals surface area contributed by atoms with Crippen molar-refractivity contribution < 1.29 is 18.8 Å². The molecule has 0 aliphatic heterocycles. The van der Waals surface area contributed by atoms with E-state index in [0.29, 0.717) is 28.8 Å². The van der Waals surface area contributed by atoms with Crippen LogP contribution in [0.5, 0.6) is 0 Å². The molecule has 2 aromatic heterocycles. The minimum atomic E-state index is -1.07. The van der Waals surface area contributed by atoms with Crippen LogP contribution in [0.3, 0.4) is 0 Å². The van der Waals surface area contributed by atoms with Gasteiger partial charge in [0.15, 0.2) is 0 Å². The molecule has 3 aromatic rings. The second-order valence-electron chi connectivity index (χ2n) is 4.93. The number of halogens is 1. The molecule has 0 amide bonds. The Labute approximate surface area is 125 Å². The van der Waals surface area contributed by atoms with Gasteiger partial charge in [-0.2, -0.15) is 0 Å². The molecule has 3 rings (SSSR count). The van der Waals surface area contributed by atoms with Crippen LogP contribution in [-0.4, -0.2) is 21.2 Å². The molecule has 0 spiro atoms. The number of hydrogen-bond acceptors (Lipinski definition) is 4. The molecule has 22 heavy (non-hydrogen) atoms. The van der Waals surface area contributed by atoms with Crippen LogP contribution in [0, 0.1) is 5.82 Å². The maximum absolute atomic E-state index is 13.0. The summed E-state index contributed by atoms with van der Waals surface area (Å²) in [4.78, 5) is 15.9. The Bertz CT molecular complexity index is 840. The summed E-state index contributed by atoms with van der Waals surface area (Å²) in [5.41, 5.74) is 1.88. The van der Waals surface area contributed by atoms with E-state index in [-0.39, 0.29) is 17.1 Å². The van der Waals surface area contributed by atoms with E-state index >= 15 is 0 Å². The highest BCUT2D eigenvalue weighted by Crippen LogP contribution is 2.28. The van der Waals surface area contributed by atoms with Crippen molar-refractivity contribution in [3.8, 4) is 11.3 Å². The van der Waals surface area contributed by atoms with Crippen LogP contribution in [0.2, 0.25) is 0 Å². The zero-order valence-electron chi connectivity index (χ0n) is 11.8. The third-order valence-electron chi connectivity index (χ3n) is 3.37. The molecule has 0 saturated carbocycles. The van der Waals surface area contributed by atoms with Gasteiger partial charge in [0.1, 0.15) is 5.82 Å². The van der Waals surface area contributed by atoms with Gasteiger partial charge in [-0.3, -0.25) is 0 Å². The van der Waals surface area contributed by atoms with Crippen molar-refractivity contribution in [2.75, 3.05) is 0 Å². The maximum atomic E-state index is 13.0. The number of hydrogen-bond donors (Lipinski definition) is 1. The summed E-state index contributed by atoms with van der Waals surface area (Å²) >= 11 is 0. The molecule has 2 heterocycles. The third-order valence-corrected chi connectivity index (χ3v) is 3.37. The zero-order chi connectivity index (χ0) is 15.7. The number of fused-ring (bicyclic) bond motifs is 1. The van der Waals surface area contributed by atoms with Gasteiger partial charge in [0.05, 0.1) is 22.3 Å². The van der Waals surface area contributed by atoms with Gasteiger partial charge in [0, 0.05) is 5.56 Å². The van der Waals surface area contributed by atoms with Gasteiger partial charge >= 0.3 is 5.97 Å². The van der Waals surface area contributed by atoms with Crippen molar-refractivity contribution in [3.63, 3.8) is 0 Å². The number of aromatic carboxylic acids is 1. The molecular formula is C16H13FN2O3. The normalized spacial score (nSPS) is 11.0. The van der Waals surface area contributed by atoms with Crippen LogP contribution >= 0.6 is 0 Å². The summed E-state index contributed by atoms with van der Waals surface area (Å²) in [5.74, 6) is -1.44. The lowest BCUT2D eigenvalue weighted by molar-refractivity contribution is 0.0699. The monoisotopic (exact) mass is 300 g/mol. The molecule has 0 radical (unpaired) electrons. The van der Waals surface area contributed by atoms with Gasteiger partial charge < -0.3 is 9.63 Å².